The van der Waals surface area contributed by atoms with E-state index in [1.165, 1.54) is 5.56 Å². The van der Waals surface area contributed by atoms with E-state index in [1.54, 1.807) is 0 Å². The van der Waals surface area contributed by atoms with Gasteiger partial charge < -0.3 is 14.6 Å². The van der Waals surface area contributed by atoms with Crippen LogP contribution in [0.5, 0.6) is 0 Å². The average molecular weight is 264 g/mol. The molecule has 0 aliphatic carbocycles. The minimum Gasteiger partial charge on any atom is -0.390 e. The van der Waals surface area contributed by atoms with Crippen LogP contribution in [-0.4, -0.2) is 36.6 Å². The SMILES string of the molecule is CCOC1(C(O)Cc2ccc(C)cc2)CCOCC1. The van der Waals surface area contributed by atoms with Crippen molar-refractivity contribution >= 4 is 0 Å². The first-order valence-electron chi connectivity index (χ1n) is 7.11. The Labute approximate surface area is 115 Å². The molecule has 1 heterocycles. The lowest BCUT2D eigenvalue weighted by Crippen LogP contribution is -2.50. The molecule has 0 amide bonds. The van der Waals surface area contributed by atoms with E-state index >= 15 is 0 Å². The molecule has 3 heteroatoms. The summed E-state index contributed by atoms with van der Waals surface area (Å²) >= 11 is 0. The van der Waals surface area contributed by atoms with Crippen molar-refractivity contribution in [3.8, 4) is 0 Å². The van der Waals surface area contributed by atoms with Crippen molar-refractivity contribution in [2.24, 2.45) is 0 Å². The zero-order valence-electron chi connectivity index (χ0n) is 11.9. The Kier molecular flexibility index (Phi) is 4.97. The predicted octanol–water partition coefficient (Wildman–Crippen LogP) is 2.48. The van der Waals surface area contributed by atoms with Gasteiger partial charge in [-0.25, -0.2) is 0 Å². The second-order valence-electron chi connectivity index (χ2n) is 5.32. The summed E-state index contributed by atoms with van der Waals surface area (Å²) in [7, 11) is 0. The Morgan fingerprint density at radius 2 is 1.89 bits per heavy atom. The van der Waals surface area contributed by atoms with Crippen LogP contribution in [0.4, 0.5) is 0 Å². The van der Waals surface area contributed by atoms with E-state index in [4.69, 9.17) is 9.47 Å². The summed E-state index contributed by atoms with van der Waals surface area (Å²) in [5, 5.41) is 10.6. The Balaban J connectivity index is 2.06. The van der Waals surface area contributed by atoms with Crippen molar-refractivity contribution in [2.45, 2.75) is 44.8 Å². The molecule has 1 atom stereocenters. The van der Waals surface area contributed by atoms with Crippen LogP contribution in [0.15, 0.2) is 24.3 Å². The van der Waals surface area contributed by atoms with Crippen LogP contribution in [0.3, 0.4) is 0 Å². The van der Waals surface area contributed by atoms with E-state index in [9.17, 15) is 5.11 Å². The summed E-state index contributed by atoms with van der Waals surface area (Å²) in [5.74, 6) is 0. The number of ether oxygens (including phenoxy) is 2. The molecule has 2 rings (SSSR count). The lowest BCUT2D eigenvalue weighted by Gasteiger charge is -2.40. The van der Waals surface area contributed by atoms with Gasteiger partial charge in [-0.1, -0.05) is 29.8 Å². The first-order chi connectivity index (χ1) is 9.16. The molecule has 0 spiro atoms. The highest BCUT2D eigenvalue weighted by Gasteiger charge is 2.40. The van der Waals surface area contributed by atoms with E-state index in [1.807, 2.05) is 6.92 Å². The molecule has 1 aromatic carbocycles. The molecule has 1 unspecified atom stereocenters. The van der Waals surface area contributed by atoms with Crippen molar-refractivity contribution < 1.29 is 14.6 Å². The second-order valence-corrected chi connectivity index (χ2v) is 5.32. The van der Waals surface area contributed by atoms with Gasteiger partial charge in [0.15, 0.2) is 0 Å². The molecular formula is C16H24O3. The first-order valence-corrected chi connectivity index (χ1v) is 7.11. The zero-order chi connectivity index (χ0) is 13.7. The van der Waals surface area contributed by atoms with Crippen LogP contribution in [-0.2, 0) is 15.9 Å². The number of benzene rings is 1. The van der Waals surface area contributed by atoms with Crippen molar-refractivity contribution in [3.63, 3.8) is 0 Å². The molecule has 1 aromatic rings. The number of aryl methyl sites for hydroxylation is 1. The van der Waals surface area contributed by atoms with Gasteiger partial charge in [0.25, 0.3) is 0 Å². The fourth-order valence-corrected chi connectivity index (χ4v) is 2.71. The molecule has 1 N–H and O–H groups in total. The maximum absolute atomic E-state index is 10.6. The van der Waals surface area contributed by atoms with E-state index < -0.39 is 11.7 Å². The molecule has 0 saturated carbocycles. The highest BCUT2D eigenvalue weighted by atomic mass is 16.5. The van der Waals surface area contributed by atoms with E-state index in [-0.39, 0.29) is 0 Å². The highest BCUT2D eigenvalue weighted by Crippen LogP contribution is 2.30. The van der Waals surface area contributed by atoms with Gasteiger partial charge in [0.05, 0.1) is 11.7 Å². The molecule has 0 aromatic heterocycles. The largest absolute Gasteiger partial charge is 0.390 e. The van der Waals surface area contributed by atoms with Gasteiger partial charge in [-0.05, 0) is 19.4 Å². The first kappa shape index (κ1) is 14.5. The van der Waals surface area contributed by atoms with Crippen LogP contribution < -0.4 is 0 Å². The molecule has 1 aliphatic heterocycles. The van der Waals surface area contributed by atoms with Crippen LogP contribution in [0.1, 0.15) is 30.9 Å². The van der Waals surface area contributed by atoms with Crippen molar-refractivity contribution in [2.75, 3.05) is 19.8 Å². The third kappa shape index (κ3) is 3.56. The average Bonchev–Trinajstić information content (AvgIpc) is 2.43. The highest BCUT2D eigenvalue weighted by molar-refractivity contribution is 5.22. The maximum Gasteiger partial charge on any atom is 0.0987 e. The zero-order valence-corrected chi connectivity index (χ0v) is 11.9. The molecular weight excluding hydrogens is 240 g/mol. The van der Waals surface area contributed by atoms with Gasteiger partial charge in [-0.15, -0.1) is 0 Å². The number of rotatable bonds is 5. The van der Waals surface area contributed by atoms with Gasteiger partial charge in [-0.2, -0.15) is 0 Å². The summed E-state index contributed by atoms with van der Waals surface area (Å²) < 4.78 is 11.3. The molecule has 106 valence electrons. The third-order valence-corrected chi connectivity index (χ3v) is 3.93. The molecule has 0 radical (unpaired) electrons. The Hall–Kier alpha value is -0.900. The van der Waals surface area contributed by atoms with Gasteiger partial charge in [0.1, 0.15) is 0 Å². The molecule has 19 heavy (non-hydrogen) atoms. The maximum atomic E-state index is 10.6. The van der Waals surface area contributed by atoms with Gasteiger partial charge >= 0.3 is 0 Å². The monoisotopic (exact) mass is 264 g/mol. The number of aliphatic hydroxyl groups excluding tert-OH is 1. The summed E-state index contributed by atoms with van der Waals surface area (Å²) in [4.78, 5) is 0. The second kappa shape index (κ2) is 6.51. The Morgan fingerprint density at radius 1 is 1.26 bits per heavy atom. The van der Waals surface area contributed by atoms with Gasteiger partial charge in [0, 0.05) is 39.1 Å². The normalized spacial score (nSPS) is 20.2. The fourth-order valence-electron chi connectivity index (χ4n) is 2.71. The molecule has 1 saturated heterocycles. The van der Waals surface area contributed by atoms with Crippen molar-refractivity contribution in [1.82, 2.24) is 0 Å². The Bertz CT molecular complexity index is 374. The standard InChI is InChI=1S/C16H24O3/c1-3-19-16(8-10-18-11-9-16)15(17)12-14-6-4-13(2)5-7-14/h4-7,15,17H,3,8-12H2,1-2H3. The van der Waals surface area contributed by atoms with Gasteiger partial charge in [0.2, 0.25) is 0 Å². The van der Waals surface area contributed by atoms with E-state index in [0.29, 0.717) is 26.2 Å². The fraction of sp³-hybridized carbons (Fsp3) is 0.625. The van der Waals surface area contributed by atoms with Crippen LogP contribution in [0.2, 0.25) is 0 Å². The lowest BCUT2D eigenvalue weighted by atomic mass is 9.84. The Morgan fingerprint density at radius 3 is 2.47 bits per heavy atom. The van der Waals surface area contributed by atoms with Gasteiger partial charge in [-0.3, -0.25) is 0 Å². The van der Waals surface area contributed by atoms with E-state index in [2.05, 4.69) is 31.2 Å². The summed E-state index contributed by atoms with van der Waals surface area (Å²) in [6, 6.07) is 8.33. The summed E-state index contributed by atoms with van der Waals surface area (Å²) in [6.45, 7) is 6.02. The molecule has 1 fully saturated rings. The lowest BCUT2D eigenvalue weighted by molar-refractivity contribution is -0.165. The topological polar surface area (TPSA) is 38.7 Å². The van der Waals surface area contributed by atoms with Crippen LogP contribution in [0, 0.1) is 6.92 Å². The van der Waals surface area contributed by atoms with Crippen molar-refractivity contribution in [3.05, 3.63) is 35.4 Å². The third-order valence-electron chi connectivity index (χ3n) is 3.93. The quantitative estimate of drug-likeness (QED) is 0.888. The number of hydrogen-bond acceptors (Lipinski definition) is 3. The predicted molar refractivity (Wildman–Crippen MR) is 75.3 cm³/mol. The minimum absolute atomic E-state index is 0.433. The molecule has 1 aliphatic rings. The summed E-state index contributed by atoms with van der Waals surface area (Å²) in [6.07, 6.45) is 1.71. The minimum atomic E-state index is -0.473. The number of hydrogen-bond donors (Lipinski definition) is 1. The smallest absolute Gasteiger partial charge is 0.0987 e. The molecule has 3 nitrogen and oxygen atoms in total. The van der Waals surface area contributed by atoms with Crippen LogP contribution >= 0.6 is 0 Å². The van der Waals surface area contributed by atoms with Crippen molar-refractivity contribution in [1.29, 1.82) is 0 Å². The number of aliphatic hydroxyl groups is 1. The molecule has 0 bridgehead atoms. The summed E-state index contributed by atoms with van der Waals surface area (Å²) in [5.41, 5.74) is 1.96. The van der Waals surface area contributed by atoms with E-state index in [0.717, 1.165) is 18.4 Å². The van der Waals surface area contributed by atoms with Crippen LogP contribution in [0.25, 0.3) is 0 Å².